The van der Waals surface area contributed by atoms with Crippen LogP contribution in [0.1, 0.15) is 93.8 Å². The van der Waals surface area contributed by atoms with E-state index in [0.717, 1.165) is 53.3 Å². The van der Waals surface area contributed by atoms with E-state index in [-0.39, 0.29) is 37.2 Å². The van der Waals surface area contributed by atoms with Crippen molar-refractivity contribution < 1.29 is 24.0 Å². The zero-order valence-corrected chi connectivity index (χ0v) is 27.9. The molecule has 0 bridgehead atoms. The van der Waals surface area contributed by atoms with Gasteiger partial charge in [0, 0.05) is 31.1 Å². The SMILES string of the molecule is Cc1cc(C(C(=O)N2C[C@H](O)C[C@H]2C(=O)NCc2ccc(-c3scnc3C)cc2OCCCCCCCCCN)C(C)C)on1. The molecule has 2 amide bonds. The number of nitrogens with one attached hydrogen (secondary N) is 1. The number of hydrogen-bond acceptors (Lipinski definition) is 9. The molecule has 3 aromatic rings. The quantitative estimate of drug-likeness (QED) is 0.164. The predicted molar refractivity (Wildman–Crippen MR) is 176 cm³/mol. The summed E-state index contributed by atoms with van der Waals surface area (Å²) in [5.41, 5.74) is 11.0. The first-order valence-corrected chi connectivity index (χ1v) is 17.1. The Kier molecular flexibility index (Phi) is 13.0. The normalized spacial score (nSPS) is 17.2. The number of nitrogens with two attached hydrogens (primary N) is 1. The van der Waals surface area contributed by atoms with Gasteiger partial charge in [-0.15, -0.1) is 11.3 Å². The van der Waals surface area contributed by atoms with E-state index >= 15 is 0 Å². The van der Waals surface area contributed by atoms with Crippen LogP contribution in [0.5, 0.6) is 5.75 Å². The second kappa shape index (κ2) is 16.9. The molecule has 0 radical (unpaired) electrons. The minimum Gasteiger partial charge on any atom is -0.493 e. The van der Waals surface area contributed by atoms with Gasteiger partial charge in [-0.2, -0.15) is 0 Å². The number of likely N-dealkylation sites (tertiary alicyclic amines) is 1. The van der Waals surface area contributed by atoms with Gasteiger partial charge in [0.15, 0.2) is 0 Å². The highest BCUT2D eigenvalue weighted by atomic mass is 32.1. The van der Waals surface area contributed by atoms with Gasteiger partial charge in [-0.3, -0.25) is 9.59 Å². The Morgan fingerprint density at radius 1 is 1.13 bits per heavy atom. The zero-order chi connectivity index (χ0) is 32.3. The molecule has 10 nitrogen and oxygen atoms in total. The number of benzene rings is 1. The van der Waals surface area contributed by atoms with Crippen LogP contribution >= 0.6 is 11.3 Å². The number of hydrogen-bond donors (Lipinski definition) is 3. The third-order valence-corrected chi connectivity index (χ3v) is 9.36. The Balaban J connectivity index is 1.42. The number of carbonyl (C=O) groups is 2. The summed E-state index contributed by atoms with van der Waals surface area (Å²) in [5.74, 6) is -0.0331. The van der Waals surface area contributed by atoms with Crippen LogP contribution in [0.4, 0.5) is 0 Å². The van der Waals surface area contributed by atoms with E-state index in [4.69, 9.17) is 15.0 Å². The molecule has 4 rings (SSSR count). The van der Waals surface area contributed by atoms with Crippen LogP contribution < -0.4 is 15.8 Å². The van der Waals surface area contributed by atoms with E-state index in [1.54, 1.807) is 24.3 Å². The van der Waals surface area contributed by atoms with Crippen molar-refractivity contribution in [1.82, 2.24) is 20.4 Å². The molecule has 246 valence electrons. The average molecular weight is 640 g/mol. The van der Waals surface area contributed by atoms with Crippen LogP contribution in [0.3, 0.4) is 0 Å². The number of aliphatic hydroxyl groups excluding tert-OH is 1. The molecule has 4 N–H and O–H groups in total. The van der Waals surface area contributed by atoms with E-state index in [2.05, 4.69) is 15.5 Å². The van der Waals surface area contributed by atoms with Crippen LogP contribution in [0.15, 0.2) is 34.3 Å². The average Bonchev–Trinajstić information content (AvgIpc) is 3.74. The monoisotopic (exact) mass is 639 g/mol. The fourth-order valence-corrected chi connectivity index (χ4v) is 6.72. The first-order chi connectivity index (χ1) is 21.7. The molecule has 45 heavy (non-hydrogen) atoms. The van der Waals surface area contributed by atoms with Gasteiger partial charge in [-0.25, -0.2) is 4.98 Å². The van der Waals surface area contributed by atoms with Gasteiger partial charge < -0.3 is 30.3 Å². The van der Waals surface area contributed by atoms with E-state index in [0.29, 0.717) is 18.1 Å². The second-order valence-corrected chi connectivity index (χ2v) is 13.3. The van der Waals surface area contributed by atoms with E-state index in [1.807, 2.05) is 44.5 Å². The molecule has 1 aromatic carbocycles. The third kappa shape index (κ3) is 9.37. The van der Waals surface area contributed by atoms with Crippen LogP contribution in [0, 0.1) is 19.8 Å². The Hall–Kier alpha value is -3.28. The summed E-state index contributed by atoms with van der Waals surface area (Å²) in [5, 5.41) is 17.5. The minimum absolute atomic E-state index is 0.0807. The molecule has 1 saturated heterocycles. The molecule has 1 aliphatic rings. The number of unbranched alkanes of at least 4 members (excludes halogenated alkanes) is 6. The number of ether oxygens (including phenoxy) is 1. The van der Waals surface area contributed by atoms with Gasteiger partial charge in [0.1, 0.15) is 23.5 Å². The van der Waals surface area contributed by atoms with E-state index in [9.17, 15) is 14.7 Å². The fourth-order valence-electron chi connectivity index (χ4n) is 5.92. The molecule has 1 fully saturated rings. The Morgan fingerprint density at radius 3 is 2.51 bits per heavy atom. The summed E-state index contributed by atoms with van der Waals surface area (Å²) < 4.78 is 11.7. The molecule has 11 heteroatoms. The third-order valence-electron chi connectivity index (χ3n) is 8.38. The fraction of sp³-hybridized carbons (Fsp3) is 0.588. The number of β-amino-alcohol motifs (C(OH)–C–C–N with tert-alkyl or cyclic N) is 1. The van der Waals surface area contributed by atoms with Crippen molar-refractivity contribution in [3.63, 3.8) is 0 Å². The van der Waals surface area contributed by atoms with Crippen molar-refractivity contribution in [2.24, 2.45) is 11.7 Å². The summed E-state index contributed by atoms with van der Waals surface area (Å²) in [6, 6.07) is 7.00. The number of thiazole rings is 1. The summed E-state index contributed by atoms with van der Waals surface area (Å²) in [4.78, 5) is 34.3. The molecule has 0 saturated carbocycles. The highest BCUT2D eigenvalue weighted by molar-refractivity contribution is 7.13. The Bertz CT molecular complexity index is 1390. The van der Waals surface area contributed by atoms with Crippen LogP contribution in [-0.2, 0) is 16.1 Å². The molecule has 2 aromatic heterocycles. The molecule has 1 aliphatic heterocycles. The number of aromatic nitrogens is 2. The van der Waals surface area contributed by atoms with Gasteiger partial charge in [-0.1, -0.05) is 63.2 Å². The van der Waals surface area contributed by atoms with Crippen LogP contribution in [-0.4, -0.2) is 63.8 Å². The second-order valence-electron chi connectivity index (χ2n) is 12.4. The standard InChI is InChI=1S/C34H49N5O5S/c1-22(2)31(30-16-23(3)38-44-30)34(42)39-20-27(40)18-28(39)33(41)36-19-26-13-12-25(32-24(4)37-21-45-32)17-29(26)43-15-11-9-7-5-6-8-10-14-35/h12-13,16-17,21-22,27-28,31,40H,5-11,14-15,18-20,35H2,1-4H3,(H,36,41)/t27-,28+,31?/m1/s1. The van der Waals surface area contributed by atoms with Gasteiger partial charge in [0.2, 0.25) is 11.8 Å². The number of nitrogens with zero attached hydrogens (tertiary/aromatic N) is 3. The van der Waals surface area contributed by atoms with Crippen LogP contribution in [0.25, 0.3) is 10.4 Å². The molecule has 3 heterocycles. The topological polar surface area (TPSA) is 144 Å². The van der Waals surface area contributed by atoms with Crippen molar-refractivity contribution in [2.75, 3.05) is 19.7 Å². The lowest BCUT2D eigenvalue weighted by Crippen LogP contribution is -2.48. The summed E-state index contributed by atoms with van der Waals surface area (Å²) >= 11 is 1.59. The van der Waals surface area contributed by atoms with Crippen LogP contribution in [0.2, 0.25) is 0 Å². The molecular formula is C34H49N5O5S. The number of aliphatic hydroxyl groups is 1. The number of carbonyl (C=O) groups excluding carboxylic acids is 2. The van der Waals surface area contributed by atoms with Gasteiger partial charge in [-0.05, 0) is 50.8 Å². The first kappa shape index (κ1) is 34.6. The first-order valence-electron chi connectivity index (χ1n) is 16.2. The number of amides is 2. The smallest absolute Gasteiger partial charge is 0.243 e. The maximum Gasteiger partial charge on any atom is 0.243 e. The molecule has 0 spiro atoms. The summed E-state index contributed by atoms with van der Waals surface area (Å²) in [6.45, 7) is 9.35. The van der Waals surface area contributed by atoms with Gasteiger partial charge >= 0.3 is 0 Å². The zero-order valence-electron chi connectivity index (χ0n) is 27.1. The van der Waals surface area contributed by atoms with E-state index in [1.165, 1.54) is 30.6 Å². The summed E-state index contributed by atoms with van der Waals surface area (Å²) in [7, 11) is 0. The highest BCUT2D eigenvalue weighted by Gasteiger charge is 2.43. The minimum atomic E-state index is -0.786. The lowest BCUT2D eigenvalue weighted by Gasteiger charge is -2.28. The van der Waals surface area contributed by atoms with Gasteiger partial charge in [0.05, 0.1) is 34.5 Å². The van der Waals surface area contributed by atoms with E-state index < -0.39 is 18.1 Å². The number of aryl methyl sites for hydroxylation is 2. The van der Waals surface area contributed by atoms with Crippen molar-refractivity contribution in [1.29, 1.82) is 0 Å². The maximum absolute atomic E-state index is 13.7. The van der Waals surface area contributed by atoms with Crippen molar-refractivity contribution in [2.45, 2.75) is 104 Å². The summed E-state index contributed by atoms with van der Waals surface area (Å²) in [6.07, 6.45) is 7.33. The molecule has 0 aliphatic carbocycles. The molecule has 3 atom stereocenters. The lowest BCUT2D eigenvalue weighted by atomic mass is 9.91. The van der Waals surface area contributed by atoms with Crippen molar-refractivity contribution in [3.8, 4) is 16.2 Å². The van der Waals surface area contributed by atoms with Crippen molar-refractivity contribution >= 4 is 23.2 Å². The number of rotatable bonds is 17. The molecular weight excluding hydrogens is 590 g/mol. The lowest BCUT2D eigenvalue weighted by molar-refractivity contribution is -0.141. The largest absolute Gasteiger partial charge is 0.493 e. The van der Waals surface area contributed by atoms with Gasteiger partial charge in [0.25, 0.3) is 0 Å². The Labute approximate surface area is 270 Å². The van der Waals surface area contributed by atoms with Crippen molar-refractivity contribution in [3.05, 3.63) is 52.5 Å². The molecule has 1 unspecified atom stereocenters. The Morgan fingerprint density at radius 2 is 1.87 bits per heavy atom. The highest BCUT2D eigenvalue weighted by Crippen LogP contribution is 2.33. The maximum atomic E-state index is 13.7. The predicted octanol–water partition coefficient (Wildman–Crippen LogP) is 5.50.